The fourth-order valence-electron chi connectivity index (χ4n) is 1.04. The molecule has 3 heteroatoms. The summed E-state index contributed by atoms with van der Waals surface area (Å²) in [5.41, 5.74) is 0.901. The average Bonchev–Trinajstić information content (AvgIpc) is 2.09. The van der Waals surface area contributed by atoms with Gasteiger partial charge in [-0.25, -0.2) is 0 Å². The summed E-state index contributed by atoms with van der Waals surface area (Å²) in [5.74, 6) is 0.998. The average molecular weight is 182 g/mol. The van der Waals surface area contributed by atoms with Crippen LogP contribution in [0.3, 0.4) is 0 Å². The van der Waals surface area contributed by atoms with Crippen molar-refractivity contribution in [1.29, 1.82) is 0 Å². The first-order chi connectivity index (χ1) is 6.24. The van der Waals surface area contributed by atoms with Crippen molar-refractivity contribution >= 4 is 0 Å². The molecular weight excluding hydrogens is 168 g/mol. The summed E-state index contributed by atoms with van der Waals surface area (Å²) in [6.07, 6.45) is 0.625. The molecule has 1 aromatic rings. The van der Waals surface area contributed by atoms with Gasteiger partial charge in [-0.3, -0.25) is 0 Å². The van der Waals surface area contributed by atoms with Crippen molar-refractivity contribution in [3.05, 3.63) is 23.8 Å². The number of rotatable bonds is 4. The standard InChI is InChI=1S/C10H14O3/c1-8-7-9(12)3-4-10(8)13-6-2-5-11/h3-4,7,11-12H,2,5-6H2,1H3. The van der Waals surface area contributed by atoms with E-state index in [2.05, 4.69) is 0 Å². The largest absolute Gasteiger partial charge is 0.508 e. The lowest BCUT2D eigenvalue weighted by Crippen LogP contribution is -2.00. The van der Waals surface area contributed by atoms with Gasteiger partial charge in [0, 0.05) is 13.0 Å². The maximum Gasteiger partial charge on any atom is 0.122 e. The van der Waals surface area contributed by atoms with E-state index in [1.54, 1.807) is 18.2 Å². The summed E-state index contributed by atoms with van der Waals surface area (Å²) >= 11 is 0. The van der Waals surface area contributed by atoms with Crippen LogP contribution in [0.4, 0.5) is 0 Å². The van der Waals surface area contributed by atoms with Crippen LogP contribution in [0.1, 0.15) is 12.0 Å². The number of benzene rings is 1. The molecule has 0 heterocycles. The summed E-state index contributed by atoms with van der Waals surface area (Å²) < 4.78 is 5.36. The fourth-order valence-corrected chi connectivity index (χ4v) is 1.04. The number of hydrogen-bond donors (Lipinski definition) is 2. The number of aromatic hydroxyl groups is 1. The molecule has 2 N–H and O–H groups in total. The number of aryl methyl sites for hydroxylation is 1. The van der Waals surface area contributed by atoms with Crippen LogP contribution in [-0.2, 0) is 0 Å². The van der Waals surface area contributed by atoms with Crippen LogP contribution in [0.25, 0.3) is 0 Å². The lowest BCUT2D eigenvalue weighted by Gasteiger charge is -2.07. The van der Waals surface area contributed by atoms with Crippen LogP contribution in [0.15, 0.2) is 18.2 Å². The molecule has 0 unspecified atom stereocenters. The molecule has 0 saturated heterocycles. The van der Waals surface area contributed by atoms with Gasteiger partial charge in [-0.15, -0.1) is 0 Å². The zero-order valence-corrected chi connectivity index (χ0v) is 7.66. The first-order valence-corrected chi connectivity index (χ1v) is 4.27. The Bertz CT molecular complexity index is 271. The topological polar surface area (TPSA) is 49.7 Å². The van der Waals surface area contributed by atoms with Crippen LogP contribution in [-0.4, -0.2) is 23.4 Å². The summed E-state index contributed by atoms with van der Waals surface area (Å²) in [6.45, 7) is 2.51. The van der Waals surface area contributed by atoms with E-state index in [4.69, 9.17) is 14.9 Å². The molecule has 0 aliphatic rings. The quantitative estimate of drug-likeness (QED) is 0.693. The second-order valence-electron chi connectivity index (χ2n) is 2.88. The van der Waals surface area contributed by atoms with Gasteiger partial charge >= 0.3 is 0 Å². The van der Waals surface area contributed by atoms with Crippen molar-refractivity contribution in [2.75, 3.05) is 13.2 Å². The van der Waals surface area contributed by atoms with Crippen LogP contribution in [0.5, 0.6) is 11.5 Å². The van der Waals surface area contributed by atoms with E-state index in [1.807, 2.05) is 6.92 Å². The Balaban J connectivity index is 2.56. The third-order valence-electron chi connectivity index (χ3n) is 1.72. The highest BCUT2D eigenvalue weighted by atomic mass is 16.5. The molecule has 0 aliphatic carbocycles. The molecule has 0 amide bonds. The molecule has 3 nitrogen and oxygen atoms in total. The van der Waals surface area contributed by atoms with Gasteiger partial charge in [0.05, 0.1) is 6.61 Å². The Morgan fingerprint density at radius 3 is 2.77 bits per heavy atom. The van der Waals surface area contributed by atoms with Gasteiger partial charge in [-0.2, -0.15) is 0 Å². The molecule has 0 fully saturated rings. The second kappa shape index (κ2) is 4.72. The molecule has 0 bridgehead atoms. The predicted molar refractivity (Wildman–Crippen MR) is 50.0 cm³/mol. The Labute approximate surface area is 77.6 Å². The van der Waals surface area contributed by atoms with Crippen LogP contribution in [0.2, 0.25) is 0 Å². The number of phenolic OH excluding ortho intramolecular Hbond substituents is 1. The number of ether oxygens (including phenoxy) is 1. The maximum absolute atomic E-state index is 9.11. The molecule has 0 aromatic heterocycles. The van der Waals surface area contributed by atoms with Crippen molar-refractivity contribution in [3.63, 3.8) is 0 Å². The van der Waals surface area contributed by atoms with Gasteiger partial charge in [0.15, 0.2) is 0 Å². The third-order valence-corrected chi connectivity index (χ3v) is 1.72. The lowest BCUT2D eigenvalue weighted by molar-refractivity contribution is 0.233. The Kier molecular flexibility index (Phi) is 3.58. The summed E-state index contributed by atoms with van der Waals surface area (Å²) in [6, 6.07) is 4.96. The van der Waals surface area contributed by atoms with Gasteiger partial charge in [0.2, 0.25) is 0 Å². The molecule has 1 aromatic carbocycles. The van der Waals surface area contributed by atoms with Gasteiger partial charge in [0.25, 0.3) is 0 Å². The monoisotopic (exact) mass is 182 g/mol. The van der Waals surface area contributed by atoms with Gasteiger partial charge in [0.1, 0.15) is 11.5 Å². The number of hydrogen-bond acceptors (Lipinski definition) is 3. The number of aliphatic hydroxyl groups excluding tert-OH is 1. The smallest absolute Gasteiger partial charge is 0.122 e. The second-order valence-corrected chi connectivity index (χ2v) is 2.88. The minimum Gasteiger partial charge on any atom is -0.508 e. The highest BCUT2D eigenvalue weighted by molar-refractivity contribution is 5.38. The first kappa shape index (κ1) is 9.86. The predicted octanol–water partition coefficient (Wildman–Crippen LogP) is 1.46. The van der Waals surface area contributed by atoms with Crippen molar-refractivity contribution in [1.82, 2.24) is 0 Å². The highest BCUT2D eigenvalue weighted by Crippen LogP contribution is 2.22. The molecule has 0 saturated carbocycles. The molecular formula is C10H14O3. The summed E-state index contributed by atoms with van der Waals surface area (Å²) in [7, 11) is 0. The van der Waals surface area contributed by atoms with E-state index in [0.29, 0.717) is 13.0 Å². The SMILES string of the molecule is Cc1cc(O)ccc1OCCCO. The zero-order chi connectivity index (χ0) is 9.68. The van der Waals surface area contributed by atoms with E-state index in [9.17, 15) is 0 Å². The first-order valence-electron chi connectivity index (χ1n) is 4.27. The summed E-state index contributed by atoms with van der Waals surface area (Å²) in [5, 5.41) is 17.7. The molecule has 13 heavy (non-hydrogen) atoms. The van der Waals surface area contributed by atoms with E-state index in [-0.39, 0.29) is 12.4 Å². The van der Waals surface area contributed by atoms with Crippen molar-refractivity contribution < 1.29 is 14.9 Å². The van der Waals surface area contributed by atoms with E-state index >= 15 is 0 Å². The van der Waals surface area contributed by atoms with E-state index in [0.717, 1.165) is 11.3 Å². The molecule has 0 atom stereocenters. The van der Waals surface area contributed by atoms with Crippen LogP contribution >= 0.6 is 0 Å². The van der Waals surface area contributed by atoms with Crippen molar-refractivity contribution in [2.24, 2.45) is 0 Å². The van der Waals surface area contributed by atoms with Gasteiger partial charge in [-0.1, -0.05) is 0 Å². The van der Waals surface area contributed by atoms with E-state index < -0.39 is 0 Å². The highest BCUT2D eigenvalue weighted by Gasteiger charge is 1.99. The van der Waals surface area contributed by atoms with E-state index in [1.165, 1.54) is 0 Å². The molecule has 0 radical (unpaired) electrons. The normalized spacial score (nSPS) is 10.0. The minimum absolute atomic E-state index is 0.136. The van der Waals surface area contributed by atoms with Gasteiger partial charge < -0.3 is 14.9 Å². The van der Waals surface area contributed by atoms with Crippen LogP contribution < -0.4 is 4.74 Å². The Morgan fingerprint density at radius 2 is 2.15 bits per heavy atom. The van der Waals surface area contributed by atoms with Gasteiger partial charge in [-0.05, 0) is 30.7 Å². The maximum atomic E-state index is 9.11. The molecule has 72 valence electrons. The molecule has 0 aliphatic heterocycles. The Morgan fingerprint density at radius 1 is 1.38 bits per heavy atom. The number of phenols is 1. The number of aliphatic hydroxyl groups is 1. The minimum atomic E-state index is 0.136. The van der Waals surface area contributed by atoms with Crippen molar-refractivity contribution in [3.8, 4) is 11.5 Å². The molecule has 1 rings (SSSR count). The zero-order valence-electron chi connectivity index (χ0n) is 7.66. The fraction of sp³-hybridized carbons (Fsp3) is 0.400. The molecule has 0 spiro atoms. The summed E-state index contributed by atoms with van der Waals surface area (Å²) in [4.78, 5) is 0. The third kappa shape index (κ3) is 2.95. The Hall–Kier alpha value is -1.22. The van der Waals surface area contributed by atoms with Crippen molar-refractivity contribution in [2.45, 2.75) is 13.3 Å². The van der Waals surface area contributed by atoms with Crippen LogP contribution in [0, 0.1) is 6.92 Å². The lowest BCUT2D eigenvalue weighted by atomic mass is 10.2.